The molecule has 1 aromatic heterocycles. The molecular formula is C13H22ClN3O. The van der Waals surface area contributed by atoms with E-state index in [1.165, 1.54) is 0 Å². The highest BCUT2D eigenvalue weighted by atomic mass is 35.5. The van der Waals surface area contributed by atoms with Gasteiger partial charge < -0.3 is 5.32 Å². The van der Waals surface area contributed by atoms with Crippen molar-refractivity contribution >= 4 is 17.5 Å². The second-order valence-electron chi connectivity index (χ2n) is 4.36. The van der Waals surface area contributed by atoms with E-state index < -0.39 is 0 Å². The van der Waals surface area contributed by atoms with Crippen molar-refractivity contribution in [3.05, 3.63) is 17.5 Å². The summed E-state index contributed by atoms with van der Waals surface area (Å²) in [4.78, 5) is 11.9. The fourth-order valence-electron chi connectivity index (χ4n) is 1.78. The van der Waals surface area contributed by atoms with Crippen LogP contribution in [0.2, 0.25) is 0 Å². The maximum Gasteiger partial charge on any atom is 0.269 e. The Morgan fingerprint density at radius 1 is 1.39 bits per heavy atom. The third-order valence-corrected chi connectivity index (χ3v) is 3.14. The maximum absolute atomic E-state index is 11.9. The number of hydrogen-bond donors (Lipinski definition) is 1. The Morgan fingerprint density at radius 2 is 2.11 bits per heavy atom. The van der Waals surface area contributed by atoms with E-state index in [1.54, 1.807) is 11.7 Å². The number of nitrogens with zero attached hydrogens (tertiary/aromatic N) is 2. The molecule has 0 atom stereocenters. The van der Waals surface area contributed by atoms with Crippen LogP contribution in [0.1, 0.15) is 48.8 Å². The van der Waals surface area contributed by atoms with Gasteiger partial charge in [-0.3, -0.25) is 9.48 Å². The van der Waals surface area contributed by atoms with Crippen LogP contribution in [0.4, 0.5) is 0 Å². The molecule has 0 unspecified atom stereocenters. The van der Waals surface area contributed by atoms with E-state index in [1.807, 2.05) is 13.0 Å². The molecular weight excluding hydrogens is 250 g/mol. The molecule has 0 saturated carbocycles. The predicted octanol–water partition coefficient (Wildman–Crippen LogP) is 2.51. The molecule has 1 aromatic rings. The minimum Gasteiger partial charge on any atom is -0.351 e. The van der Waals surface area contributed by atoms with Crippen molar-refractivity contribution in [1.82, 2.24) is 15.1 Å². The molecule has 1 N–H and O–H groups in total. The molecule has 0 saturated heterocycles. The molecule has 0 bridgehead atoms. The Bertz CT molecular complexity index is 376. The molecule has 102 valence electrons. The van der Waals surface area contributed by atoms with Crippen LogP contribution in [0.15, 0.2) is 6.07 Å². The molecule has 0 fully saturated rings. The summed E-state index contributed by atoms with van der Waals surface area (Å²) in [6.07, 6.45) is 5.14. The van der Waals surface area contributed by atoms with Gasteiger partial charge in [0, 0.05) is 19.5 Å². The van der Waals surface area contributed by atoms with Crippen molar-refractivity contribution in [2.45, 2.75) is 39.0 Å². The number of amides is 1. The molecule has 0 spiro atoms. The molecule has 5 heteroatoms. The van der Waals surface area contributed by atoms with E-state index in [-0.39, 0.29) is 5.91 Å². The summed E-state index contributed by atoms with van der Waals surface area (Å²) in [5, 5.41) is 7.18. The third-order valence-electron chi connectivity index (χ3n) is 2.87. The summed E-state index contributed by atoms with van der Waals surface area (Å²) < 4.78 is 1.64. The molecule has 18 heavy (non-hydrogen) atoms. The number of carbonyl (C=O) groups excluding carboxylic acids is 1. The van der Waals surface area contributed by atoms with Crippen LogP contribution in [-0.2, 0) is 13.5 Å². The number of aryl methyl sites for hydroxylation is 2. The van der Waals surface area contributed by atoms with Crippen molar-refractivity contribution in [2.24, 2.45) is 7.05 Å². The Labute approximate surface area is 114 Å². The van der Waals surface area contributed by atoms with Gasteiger partial charge in [0.1, 0.15) is 5.69 Å². The van der Waals surface area contributed by atoms with Crippen LogP contribution in [0.3, 0.4) is 0 Å². The summed E-state index contributed by atoms with van der Waals surface area (Å²) in [7, 11) is 1.80. The van der Waals surface area contributed by atoms with Gasteiger partial charge in [-0.2, -0.15) is 5.10 Å². The number of hydrogen-bond acceptors (Lipinski definition) is 2. The van der Waals surface area contributed by atoms with E-state index in [2.05, 4.69) is 10.4 Å². The largest absolute Gasteiger partial charge is 0.351 e. The number of unbranched alkanes of at least 4 members (excludes halogenated alkanes) is 3. The molecule has 4 nitrogen and oxygen atoms in total. The maximum atomic E-state index is 11.9. The first-order valence-corrected chi connectivity index (χ1v) is 7.09. The van der Waals surface area contributed by atoms with Crippen LogP contribution < -0.4 is 5.32 Å². The van der Waals surface area contributed by atoms with E-state index in [0.29, 0.717) is 12.2 Å². The molecule has 1 heterocycles. The molecule has 0 aliphatic rings. The minimum atomic E-state index is -0.0398. The average Bonchev–Trinajstić information content (AvgIpc) is 2.75. The first-order chi connectivity index (χ1) is 8.69. The van der Waals surface area contributed by atoms with Crippen LogP contribution in [0.5, 0.6) is 0 Å². The van der Waals surface area contributed by atoms with Crippen LogP contribution in [-0.4, -0.2) is 28.1 Å². The number of nitrogens with one attached hydrogen (secondary N) is 1. The number of rotatable bonds is 8. The SMILES string of the molecule is CCc1cc(C(=O)NCCCCCCCl)n(C)n1. The molecule has 0 aromatic carbocycles. The number of halogens is 1. The molecule has 0 aliphatic carbocycles. The molecule has 1 amide bonds. The predicted molar refractivity (Wildman–Crippen MR) is 74.1 cm³/mol. The highest BCUT2D eigenvalue weighted by molar-refractivity contribution is 6.17. The lowest BCUT2D eigenvalue weighted by Gasteiger charge is -2.04. The first-order valence-electron chi connectivity index (χ1n) is 6.56. The van der Waals surface area contributed by atoms with Crippen LogP contribution in [0, 0.1) is 0 Å². The van der Waals surface area contributed by atoms with Gasteiger partial charge in [-0.1, -0.05) is 19.8 Å². The zero-order chi connectivity index (χ0) is 13.4. The van der Waals surface area contributed by atoms with E-state index in [0.717, 1.165) is 43.7 Å². The van der Waals surface area contributed by atoms with Gasteiger partial charge in [-0.15, -0.1) is 11.6 Å². The van der Waals surface area contributed by atoms with Crippen molar-refractivity contribution in [3.8, 4) is 0 Å². The minimum absolute atomic E-state index is 0.0398. The zero-order valence-corrected chi connectivity index (χ0v) is 12.0. The highest BCUT2D eigenvalue weighted by Crippen LogP contribution is 2.04. The highest BCUT2D eigenvalue weighted by Gasteiger charge is 2.11. The second kappa shape index (κ2) is 8.14. The average molecular weight is 272 g/mol. The quantitative estimate of drug-likeness (QED) is 0.583. The van der Waals surface area contributed by atoms with Gasteiger partial charge in [-0.05, 0) is 25.3 Å². The molecule has 1 rings (SSSR count). The standard InChI is InChI=1S/C13H22ClN3O/c1-3-11-10-12(17(2)16-11)13(18)15-9-7-5-4-6-8-14/h10H,3-9H2,1-2H3,(H,15,18). The Kier molecular flexibility index (Phi) is 6.80. The summed E-state index contributed by atoms with van der Waals surface area (Å²) in [6.45, 7) is 2.74. The summed E-state index contributed by atoms with van der Waals surface area (Å²) >= 11 is 5.60. The lowest BCUT2D eigenvalue weighted by atomic mass is 10.2. The van der Waals surface area contributed by atoms with Gasteiger partial charge >= 0.3 is 0 Å². The van der Waals surface area contributed by atoms with Crippen molar-refractivity contribution in [1.29, 1.82) is 0 Å². The number of aromatic nitrogens is 2. The summed E-state index contributed by atoms with van der Waals surface area (Å²) in [5.41, 5.74) is 1.58. The van der Waals surface area contributed by atoms with E-state index >= 15 is 0 Å². The topological polar surface area (TPSA) is 46.9 Å². The van der Waals surface area contributed by atoms with Gasteiger partial charge in [0.25, 0.3) is 5.91 Å². The van der Waals surface area contributed by atoms with Crippen LogP contribution >= 0.6 is 11.6 Å². The number of alkyl halides is 1. The zero-order valence-electron chi connectivity index (χ0n) is 11.2. The lowest BCUT2D eigenvalue weighted by molar-refractivity contribution is 0.0943. The van der Waals surface area contributed by atoms with Gasteiger partial charge in [0.15, 0.2) is 0 Å². The third kappa shape index (κ3) is 4.69. The fraction of sp³-hybridized carbons (Fsp3) is 0.692. The van der Waals surface area contributed by atoms with Gasteiger partial charge in [0.05, 0.1) is 5.69 Å². The monoisotopic (exact) mass is 271 g/mol. The van der Waals surface area contributed by atoms with E-state index in [9.17, 15) is 4.79 Å². The molecule has 0 aliphatic heterocycles. The van der Waals surface area contributed by atoms with E-state index in [4.69, 9.17) is 11.6 Å². The number of carbonyl (C=O) groups is 1. The summed E-state index contributed by atoms with van der Waals surface area (Å²) in [6, 6.07) is 1.85. The lowest BCUT2D eigenvalue weighted by Crippen LogP contribution is -2.26. The Hall–Kier alpha value is -1.03. The smallest absolute Gasteiger partial charge is 0.269 e. The fourth-order valence-corrected chi connectivity index (χ4v) is 1.97. The Balaban J connectivity index is 2.29. The van der Waals surface area contributed by atoms with Crippen molar-refractivity contribution in [3.63, 3.8) is 0 Å². The van der Waals surface area contributed by atoms with Crippen LogP contribution in [0.25, 0.3) is 0 Å². The van der Waals surface area contributed by atoms with Gasteiger partial charge in [0.2, 0.25) is 0 Å². The van der Waals surface area contributed by atoms with Crippen molar-refractivity contribution in [2.75, 3.05) is 12.4 Å². The van der Waals surface area contributed by atoms with Gasteiger partial charge in [-0.25, -0.2) is 0 Å². The summed E-state index contributed by atoms with van der Waals surface area (Å²) in [5.74, 6) is 0.684. The molecule has 0 radical (unpaired) electrons. The first kappa shape index (κ1) is 15.0. The second-order valence-corrected chi connectivity index (χ2v) is 4.74. The normalized spacial score (nSPS) is 10.6. The van der Waals surface area contributed by atoms with Crippen molar-refractivity contribution < 1.29 is 4.79 Å². The Morgan fingerprint density at radius 3 is 2.72 bits per heavy atom.